The highest BCUT2D eigenvalue weighted by Gasteiger charge is 2.38. The summed E-state index contributed by atoms with van der Waals surface area (Å²) in [6.07, 6.45) is 7.15. The maximum Gasteiger partial charge on any atom is 0.254 e. The molecule has 4 rings (SSSR count). The van der Waals surface area contributed by atoms with E-state index in [-0.39, 0.29) is 34.7 Å². The van der Waals surface area contributed by atoms with Crippen LogP contribution in [-0.2, 0) is 10.0 Å². The SMILES string of the molecule is COc1ccc(C(=O)N(C2CC2)C(C)c2ccco2)cc1S(=O)(=O)NC1CCCC1. The van der Waals surface area contributed by atoms with Gasteiger partial charge in [-0.2, -0.15) is 0 Å². The Kier molecular flexibility index (Phi) is 5.88. The van der Waals surface area contributed by atoms with E-state index in [2.05, 4.69) is 4.72 Å². The van der Waals surface area contributed by atoms with Gasteiger partial charge in [-0.05, 0) is 62.9 Å². The third-order valence-electron chi connectivity index (χ3n) is 5.92. The van der Waals surface area contributed by atoms with E-state index in [9.17, 15) is 13.2 Å². The third kappa shape index (κ3) is 4.25. The van der Waals surface area contributed by atoms with Gasteiger partial charge in [0, 0.05) is 17.6 Å². The molecule has 7 nitrogen and oxygen atoms in total. The third-order valence-corrected chi connectivity index (χ3v) is 7.47. The molecule has 0 spiro atoms. The molecule has 1 heterocycles. The minimum Gasteiger partial charge on any atom is -0.495 e. The molecule has 2 aliphatic rings. The van der Waals surface area contributed by atoms with Crippen LogP contribution in [0.1, 0.15) is 67.6 Å². The summed E-state index contributed by atoms with van der Waals surface area (Å²) >= 11 is 0. The van der Waals surface area contributed by atoms with Gasteiger partial charge in [-0.1, -0.05) is 12.8 Å². The number of nitrogens with zero attached hydrogens (tertiary/aromatic N) is 1. The van der Waals surface area contributed by atoms with Crippen molar-refractivity contribution in [1.82, 2.24) is 9.62 Å². The van der Waals surface area contributed by atoms with Gasteiger partial charge in [-0.25, -0.2) is 13.1 Å². The van der Waals surface area contributed by atoms with Gasteiger partial charge in [0.15, 0.2) is 0 Å². The van der Waals surface area contributed by atoms with Crippen LogP contribution in [0.25, 0.3) is 0 Å². The largest absolute Gasteiger partial charge is 0.495 e. The number of hydrogen-bond donors (Lipinski definition) is 1. The number of nitrogens with one attached hydrogen (secondary N) is 1. The Morgan fingerprint density at radius 2 is 1.93 bits per heavy atom. The Hall–Kier alpha value is -2.32. The zero-order chi connectivity index (χ0) is 21.3. The van der Waals surface area contributed by atoms with Gasteiger partial charge in [-0.15, -0.1) is 0 Å². The summed E-state index contributed by atoms with van der Waals surface area (Å²) in [5.41, 5.74) is 0.327. The minimum absolute atomic E-state index is 0.00384. The van der Waals surface area contributed by atoms with Crippen molar-refractivity contribution in [3.8, 4) is 5.75 Å². The molecule has 0 bridgehead atoms. The molecule has 2 fully saturated rings. The minimum atomic E-state index is -3.80. The molecular weight excluding hydrogens is 404 g/mol. The number of carbonyl (C=O) groups is 1. The summed E-state index contributed by atoms with van der Waals surface area (Å²) in [4.78, 5) is 15.2. The Labute approximate surface area is 177 Å². The van der Waals surface area contributed by atoms with E-state index in [1.54, 1.807) is 29.4 Å². The van der Waals surface area contributed by atoms with Crippen LogP contribution in [0.3, 0.4) is 0 Å². The fraction of sp³-hybridized carbons (Fsp3) is 0.500. The molecule has 1 unspecified atom stereocenters. The Morgan fingerprint density at radius 3 is 2.53 bits per heavy atom. The van der Waals surface area contributed by atoms with Gasteiger partial charge in [0.2, 0.25) is 10.0 Å². The van der Waals surface area contributed by atoms with Gasteiger partial charge in [0.05, 0.1) is 19.4 Å². The normalized spacial score (nSPS) is 18.3. The molecule has 1 aromatic heterocycles. The Balaban J connectivity index is 1.65. The van der Waals surface area contributed by atoms with Crippen molar-refractivity contribution in [3.63, 3.8) is 0 Å². The van der Waals surface area contributed by atoms with Gasteiger partial charge >= 0.3 is 0 Å². The van der Waals surface area contributed by atoms with Gasteiger partial charge in [0.1, 0.15) is 16.4 Å². The summed E-state index contributed by atoms with van der Waals surface area (Å²) in [6.45, 7) is 1.93. The Morgan fingerprint density at radius 1 is 1.20 bits per heavy atom. The zero-order valence-corrected chi connectivity index (χ0v) is 18.2. The fourth-order valence-corrected chi connectivity index (χ4v) is 5.67. The average molecular weight is 433 g/mol. The standard InChI is InChI=1S/C22H28N2O5S/c1-15(19-8-5-13-29-19)24(18-10-11-18)22(25)16-9-12-20(28-2)21(14-16)30(26,27)23-17-6-3-4-7-17/h5,8-9,12-15,17-18,23H,3-4,6-7,10-11H2,1-2H3. The highest BCUT2D eigenvalue weighted by molar-refractivity contribution is 7.89. The molecule has 0 radical (unpaired) electrons. The number of rotatable bonds is 8. The first-order chi connectivity index (χ1) is 14.4. The van der Waals surface area contributed by atoms with E-state index in [1.807, 2.05) is 13.0 Å². The molecule has 0 aliphatic heterocycles. The summed E-state index contributed by atoms with van der Waals surface area (Å²) in [6, 6.07) is 8.09. The highest BCUT2D eigenvalue weighted by Crippen LogP contribution is 2.36. The first-order valence-electron chi connectivity index (χ1n) is 10.5. The lowest BCUT2D eigenvalue weighted by Gasteiger charge is -2.28. The molecule has 8 heteroatoms. The highest BCUT2D eigenvalue weighted by atomic mass is 32.2. The molecule has 1 aromatic carbocycles. The molecular formula is C22H28N2O5S. The van der Waals surface area contributed by atoms with Gasteiger partial charge in [0.25, 0.3) is 5.91 Å². The van der Waals surface area contributed by atoms with Crippen molar-refractivity contribution < 1.29 is 22.4 Å². The smallest absolute Gasteiger partial charge is 0.254 e. The molecule has 0 saturated heterocycles. The number of methoxy groups -OCH3 is 1. The first kappa shape index (κ1) is 20.9. The quantitative estimate of drug-likeness (QED) is 0.684. The van der Waals surface area contributed by atoms with Crippen LogP contribution in [0.15, 0.2) is 45.9 Å². The van der Waals surface area contributed by atoms with Crippen molar-refractivity contribution >= 4 is 15.9 Å². The maximum atomic E-state index is 13.4. The average Bonchev–Trinajstić information content (AvgIpc) is 3.19. The van der Waals surface area contributed by atoms with Crippen LogP contribution in [0.2, 0.25) is 0 Å². The number of ether oxygens (including phenoxy) is 1. The van der Waals surface area contributed by atoms with Crippen LogP contribution >= 0.6 is 0 Å². The summed E-state index contributed by atoms with van der Waals surface area (Å²) in [5.74, 6) is 0.731. The van der Waals surface area contributed by atoms with Crippen molar-refractivity contribution in [2.24, 2.45) is 0 Å². The van der Waals surface area contributed by atoms with Crippen molar-refractivity contribution in [1.29, 1.82) is 0 Å². The summed E-state index contributed by atoms with van der Waals surface area (Å²) in [7, 11) is -2.37. The van der Waals surface area contributed by atoms with Gasteiger partial charge < -0.3 is 14.1 Å². The second kappa shape index (κ2) is 8.43. The van der Waals surface area contributed by atoms with Crippen LogP contribution in [0, 0.1) is 0 Å². The molecule has 2 aliphatic carbocycles. The molecule has 2 saturated carbocycles. The van der Waals surface area contributed by atoms with E-state index in [4.69, 9.17) is 9.15 Å². The predicted molar refractivity (Wildman–Crippen MR) is 112 cm³/mol. The number of sulfonamides is 1. The molecule has 1 amide bonds. The van der Waals surface area contributed by atoms with Crippen LogP contribution in [0.5, 0.6) is 5.75 Å². The zero-order valence-electron chi connectivity index (χ0n) is 17.3. The topological polar surface area (TPSA) is 88.8 Å². The first-order valence-corrected chi connectivity index (χ1v) is 12.0. The second-order valence-corrected chi connectivity index (χ2v) is 9.79. The Bertz CT molecular complexity index is 993. The van der Waals surface area contributed by atoms with E-state index in [0.29, 0.717) is 11.3 Å². The second-order valence-electron chi connectivity index (χ2n) is 8.10. The van der Waals surface area contributed by atoms with E-state index >= 15 is 0 Å². The van der Waals surface area contributed by atoms with Crippen molar-refractivity contribution in [3.05, 3.63) is 47.9 Å². The number of carbonyl (C=O) groups excluding carboxylic acids is 1. The maximum absolute atomic E-state index is 13.4. The van der Waals surface area contributed by atoms with Crippen LogP contribution in [0.4, 0.5) is 0 Å². The monoisotopic (exact) mass is 432 g/mol. The van der Waals surface area contributed by atoms with Crippen molar-refractivity contribution in [2.75, 3.05) is 7.11 Å². The lowest BCUT2D eigenvalue weighted by atomic mass is 10.1. The van der Waals surface area contributed by atoms with Crippen molar-refractivity contribution in [2.45, 2.75) is 68.5 Å². The molecule has 2 aromatic rings. The lowest BCUT2D eigenvalue weighted by Crippen LogP contribution is -2.36. The molecule has 162 valence electrons. The number of hydrogen-bond acceptors (Lipinski definition) is 5. The fourth-order valence-electron chi connectivity index (χ4n) is 4.17. The summed E-state index contributed by atoms with van der Waals surface area (Å²) < 4.78 is 39.7. The van der Waals surface area contributed by atoms with Gasteiger partial charge in [-0.3, -0.25) is 4.79 Å². The van der Waals surface area contributed by atoms with E-state index < -0.39 is 10.0 Å². The predicted octanol–water partition coefficient (Wildman–Crippen LogP) is 3.87. The lowest BCUT2D eigenvalue weighted by molar-refractivity contribution is 0.0652. The number of amides is 1. The summed E-state index contributed by atoms with van der Waals surface area (Å²) in [5, 5.41) is 0. The number of benzene rings is 1. The van der Waals surface area contributed by atoms with E-state index in [0.717, 1.165) is 38.5 Å². The molecule has 1 N–H and O–H groups in total. The number of furan rings is 1. The van der Waals surface area contributed by atoms with E-state index in [1.165, 1.54) is 13.2 Å². The van der Waals surface area contributed by atoms with Crippen LogP contribution in [-0.4, -0.2) is 38.4 Å². The molecule has 30 heavy (non-hydrogen) atoms. The van der Waals surface area contributed by atoms with Crippen LogP contribution < -0.4 is 9.46 Å². The molecule has 1 atom stereocenters.